The number of para-hydroxylation sites is 6. The molecule has 544 valence electrons. The molecule has 4 aromatic heterocycles. The standard InChI is InChI=1S/2C56H38N2/c1-57-52-26-8-6-16-42(52)48-24-12-22-46(55(48)57)40-18-10-20-44-50(40)34-51-41(47-23-13-25-49-43-17-7-9-27-53(43)58(2)56(47)49)19-11-21-45(51)54(44)39-31-30-37-32-36(28-29-38(37)33-39)35-14-4-3-5-15-35;1-57-52-20-8-6-14-44(52)46-28-26-39(32-54(46)57)42-16-10-18-48-50(42)34-51-43(40-27-29-47-45-15-7-9-21-53(45)58(2)55(47)33-40)17-11-19-49(51)56(48)41-25-24-37-30-36(22-23-38(37)31-41)35-12-4-3-5-13-35/h2*3-34H,1-2H3. The third-order valence-electron chi connectivity index (χ3n) is 25.4. The van der Waals surface area contributed by atoms with Gasteiger partial charge in [-0.15, -0.1) is 0 Å². The lowest BCUT2D eigenvalue weighted by atomic mass is 9.85. The van der Waals surface area contributed by atoms with Crippen LogP contribution in [0.4, 0.5) is 0 Å². The van der Waals surface area contributed by atoms with Gasteiger partial charge >= 0.3 is 0 Å². The van der Waals surface area contributed by atoms with Crippen molar-refractivity contribution in [1.82, 2.24) is 18.3 Å². The van der Waals surface area contributed by atoms with Crippen LogP contribution in [0.25, 0.3) is 241 Å². The largest absolute Gasteiger partial charge is 0.344 e. The summed E-state index contributed by atoms with van der Waals surface area (Å²) < 4.78 is 9.42. The quantitative estimate of drug-likeness (QED) is 0.135. The highest BCUT2D eigenvalue weighted by Crippen LogP contribution is 2.50. The number of rotatable bonds is 8. The summed E-state index contributed by atoms with van der Waals surface area (Å²) in [6.07, 6.45) is 0. The molecule has 0 aliphatic heterocycles. The van der Waals surface area contributed by atoms with E-state index in [2.05, 4.69) is 435 Å². The molecule has 4 heterocycles. The van der Waals surface area contributed by atoms with Gasteiger partial charge in [0.15, 0.2) is 0 Å². The van der Waals surface area contributed by atoms with Crippen molar-refractivity contribution in [3.63, 3.8) is 0 Å². The molecule has 24 aromatic rings. The lowest BCUT2D eigenvalue weighted by Crippen LogP contribution is -1.94. The average Bonchev–Trinajstić information content (AvgIpc) is 1.13. The second kappa shape index (κ2) is 26.4. The Balaban J connectivity index is 0.000000137. The molecule has 0 bridgehead atoms. The molecule has 0 unspecified atom stereocenters. The monoisotopic (exact) mass is 1480 g/mol. The van der Waals surface area contributed by atoms with Gasteiger partial charge in [-0.05, 0) is 215 Å². The summed E-state index contributed by atoms with van der Waals surface area (Å²) in [7, 11) is 8.79. The van der Waals surface area contributed by atoms with E-state index in [1.807, 2.05) is 0 Å². The molecular weight excluding hydrogens is 1400 g/mol. The van der Waals surface area contributed by atoms with Gasteiger partial charge in [-0.25, -0.2) is 0 Å². The molecule has 0 saturated carbocycles. The summed E-state index contributed by atoms with van der Waals surface area (Å²) in [6.45, 7) is 0. The Hall–Kier alpha value is -14.8. The molecule has 0 amide bonds. The van der Waals surface area contributed by atoms with Gasteiger partial charge in [0.05, 0.1) is 11.0 Å². The van der Waals surface area contributed by atoms with Gasteiger partial charge < -0.3 is 18.3 Å². The molecule has 116 heavy (non-hydrogen) atoms. The Kier molecular flexibility index (Phi) is 15.2. The first kappa shape index (κ1) is 66.9. The van der Waals surface area contributed by atoms with Crippen LogP contribution in [0.1, 0.15) is 0 Å². The molecule has 0 spiro atoms. The van der Waals surface area contributed by atoms with E-state index in [9.17, 15) is 0 Å². The van der Waals surface area contributed by atoms with Crippen LogP contribution in [-0.4, -0.2) is 18.3 Å². The van der Waals surface area contributed by atoms with Gasteiger partial charge in [0.25, 0.3) is 0 Å². The van der Waals surface area contributed by atoms with Gasteiger partial charge in [-0.3, -0.25) is 0 Å². The molecule has 0 radical (unpaired) electrons. The number of hydrogen-bond acceptors (Lipinski definition) is 0. The summed E-state index contributed by atoms with van der Waals surface area (Å²) in [5.41, 5.74) is 29.8. The van der Waals surface area contributed by atoms with E-state index < -0.39 is 0 Å². The van der Waals surface area contributed by atoms with Crippen molar-refractivity contribution >= 4 is 152 Å². The summed E-state index contributed by atoms with van der Waals surface area (Å²) in [5, 5.41) is 25.2. The SMILES string of the molecule is Cn1c2ccccc2c2ccc(-c3cccc4c(-c5ccc6cc(-c7ccccc7)ccc6c5)c5cccc(-c6ccc7c8ccccc8n(C)c7c6)c5cc34)cc21.Cn1c2ccccc2c2cccc(-c3cccc4c(-c5ccc6cc(-c7ccccc7)ccc6c5)c5cccc(-c6cccc7c8ccccc8n(C)c67)c5cc34)c21. The number of nitrogens with zero attached hydrogens (tertiary/aromatic N) is 4. The van der Waals surface area contributed by atoms with Crippen molar-refractivity contribution in [2.24, 2.45) is 28.2 Å². The molecule has 0 fully saturated rings. The fourth-order valence-electron chi connectivity index (χ4n) is 19.9. The number of benzene rings is 20. The van der Waals surface area contributed by atoms with E-state index in [0.717, 1.165) is 0 Å². The van der Waals surface area contributed by atoms with Crippen LogP contribution in [0.15, 0.2) is 388 Å². The number of aryl methyl sites for hydroxylation is 4. The van der Waals surface area contributed by atoms with Crippen LogP contribution in [0.5, 0.6) is 0 Å². The van der Waals surface area contributed by atoms with E-state index in [-0.39, 0.29) is 0 Å². The number of hydrogen-bond donors (Lipinski definition) is 0. The predicted octanol–water partition coefficient (Wildman–Crippen LogP) is 30.2. The highest BCUT2D eigenvalue weighted by molar-refractivity contribution is 6.25. The summed E-state index contributed by atoms with van der Waals surface area (Å²) in [5.74, 6) is 0. The van der Waals surface area contributed by atoms with Crippen molar-refractivity contribution < 1.29 is 0 Å². The van der Waals surface area contributed by atoms with Crippen molar-refractivity contribution in [3.05, 3.63) is 388 Å². The zero-order valence-corrected chi connectivity index (χ0v) is 64.7. The second-order valence-corrected chi connectivity index (χ2v) is 31.6. The molecule has 0 aliphatic carbocycles. The van der Waals surface area contributed by atoms with Crippen molar-refractivity contribution in [2.75, 3.05) is 0 Å². The van der Waals surface area contributed by atoms with E-state index in [0.29, 0.717) is 0 Å². The van der Waals surface area contributed by atoms with E-state index in [1.54, 1.807) is 0 Å². The maximum Gasteiger partial charge on any atom is 0.0568 e. The molecule has 20 aromatic carbocycles. The maximum absolute atomic E-state index is 2.48. The van der Waals surface area contributed by atoms with Gasteiger partial charge in [-0.1, -0.05) is 315 Å². The van der Waals surface area contributed by atoms with Crippen LogP contribution >= 0.6 is 0 Å². The minimum absolute atomic E-state index is 1.22. The molecule has 0 aliphatic rings. The predicted molar refractivity (Wildman–Crippen MR) is 497 cm³/mol. The molecule has 0 N–H and O–H groups in total. The first-order valence-corrected chi connectivity index (χ1v) is 40.3. The third kappa shape index (κ3) is 10.4. The second-order valence-electron chi connectivity index (χ2n) is 31.6. The highest BCUT2D eigenvalue weighted by Gasteiger charge is 2.24. The highest BCUT2D eigenvalue weighted by atomic mass is 15.0. The topological polar surface area (TPSA) is 19.7 Å². The average molecular weight is 1480 g/mol. The number of fused-ring (bicyclic) bond motifs is 18. The van der Waals surface area contributed by atoms with Crippen molar-refractivity contribution in [3.8, 4) is 89.0 Å². The van der Waals surface area contributed by atoms with Crippen LogP contribution in [0.2, 0.25) is 0 Å². The smallest absolute Gasteiger partial charge is 0.0568 e. The minimum atomic E-state index is 1.22. The summed E-state index contributed by atoms with van der Waals surface area (Å²) in [4.78, 5) is 0. The van der Waals surface area contributed by atoms with Gasteiger partial charge in [0, 0.05) is 116 Å². The lowest BCUT2D eigenvalue weighted by molar-refractivity contribution is 1.01. The maximum atomic E-state index is 2.48. The Morgan fingerprint density at radius 1 is 0.138 bits per heavy atom. The van der Waals surface area contributed by atoms with E-state index in [1.165, 1.54) is 241 Å². The van der Waals surface area contributed by atoms with Crippen molar-refractivity contribution in [2.45, 2.75) is 0 Å². The zero-order chi connectivity index (χ0) is 77.0. The van der Waals surface area contributed by atoms with Crippen molar-refractivity contribution in [1.29, 1.82) is 0 Å². The first-order valence-electron chi connectivity index (χ1n) is 40.3. The molecule has 0 atom stereocenters. The van der Waals surface area contributed by atoms with Crippen LogP contribution < -0.4 is 0 Å². The van der Waals surface area contributed by atoms with E-state index >= 15 is 0 Å². The summed E-state index contributed by atoms with van der Waals surface area (Å²) in [6, 6.07) is 144. The molecule has 4 nitrogen and oxygen atoms in total. The minimum Gasteiger partial charge on any atom is -0.344 e. The zero-order valence-electron chi connectivity index (χ0n) is 64.7. The number of aromatic nitrogens is 4. The fraction of sp³-hybridized carbons (Fsp3) is 0.0357. The van der Waals surface area contributed by atoms with Gasteiger partial charge in [0.2, 0.25) is 0 Å². The molecular formula is C112H76N4. The Morgan fingerprint density at radius 3 is 0.784 bits per heavy atom. The van der Waals surface area contributed by atoms with Crippen LogP contribution in [0, 0.1) is 0 Å². The van der Waals surface area contributed by atoms with Crippen LogP contribution in [-0.2, 0) is 28.2 Å². The van der Waals surface area contributed by atoms with Gasteiger partial charge in [0.1, 0.15) is 0 Å². The Labute approximate surface area is 671 Å². The molecule has 4 heteroatoms. The van der Waals surface area contributed by atoms with E-state index in [4.69, 9.17) is 0 Å². The van der Waals surface area contributed by atoms with Crippen LogP contribution in [0.3, 0.4) is 0 Å². The molecule has 0 saturated heterocycles. The molecule has 24 rings (SSSR count). The lowest BCUT2D eigenvalue weighted by Gasteiger charge is -2.19. The Morgan fingerprint density at radius 2 is 0.405 bits per heavy atom. The van der Waals surface area contributed by atoms with Gasteiger partial charge in [-0.2, -0.15) is 0 Å². The normalized spacial score (nSPS) is 12.0. The third-order valence-corrected chi connectivity index (χ3v) is 25.4. The Bertz CT molecular complexity index is 7890. The first-order chi connectivity index (χ1) is 57.2. The summed E-state index contributed by atoms with van der Waals surface area (Å²) >= 11 is 0. The fourth-order valence-corrected chi connectivity index (χ4v) is 19.9.